The topological polar surface area (TPSA) is 21.6 Å². The molecular formula is C19H21NO. The summed E-state index contributed by atoms with van der Waals surface area (Å²) in [6.07, 6.45) is 0.796. The highest BCUT2D eigenvalue weighted by Gasteiger charge is 2.45. The third kappa shape index (κ3) is 2.46. The number of hydrogen-bond donors (Lipinski definition) is 0. The van der Waals surface area contributed by atoms with Crippen molar-refractivity contribution < 1.29 is 4.84 Å². The summed E-state index contributed by atoms with van der Waals surface area (Å²) in [5, 5.41) is 4.43. The molecule has 0 radical (unpaired) electrons. The molecule has 2 aromatic rings. The fraction of sp³-hybridized carbons (Fsp3) is 0.316. The van der Waals surface area contributed by atoms with Crippen LogP contribution in [-0.4, -0.2) is 5.71 Å². The Hall–Kier alpha value is -2.09. The lowest BCUT2D eigenvalue weighted by Gasteiger charge is -2.28. The van der Waals surface area contributed by atoms with Gasteiger partial charge in [0.25, 0.3) is 0 Å². The van der Waals surface area contributed by atoms with Gasteiger partial charge in [0.15, 0.2) is 5.60 Å². The lowest BCUT2D eigenvalue weighted by Crippen LogP contribution is -2.30. The standard InChI is InChI=1S/C19H21NO/c1-18(2,3)17-14-19(21-20-17,15-10-6-4-7-11-15)16-12-8-5-9-13-16/h4-13H,14H2,1-3H3. The van der Waals surface area contributed by atoms with E-state index >= 15 is 0 Å². The summed E-state index contributed by atoms with van der Waals surface area (Å²) in [7, 11) is 0. The van der Waals surface area contributed by atoms with Crippen LogP contribution < -0.4 is 0 Å². The quantitative estimate of drug-likeness (QED) is 0.777. The number of benzene rings is 2. The number of nitrogens with zero attached hydrogens (tertiary/aromatic N) is 1. The van der Waals surface area contributed by atoms with E-state index in [0.717, 1.165) is 23.3 Å². The Morgan fingerprint density at radius 1 is 0.857 bits per heavy atom. The minimum absolute atomic E-state index is 0.0192. The van der Waals surface area contributed by atoms with Crippen LogP contribution in [0.1, 0.15) is 38.3 Å². The van der Waals surface area contributed by atoms with E-state index < -0.39 is 5.60 Å². The zero-order valence-corrected chi connectivity index (χ0v) is 12.8. The minimum Gasteiger partial charge on any atom is -0.379 e. The van der Waals surface area contributed by atoms with Gasteiger partial charge in [-0.1, -0.05) is 86.6 Å². The first-order chi connectivity index (χ1) is 10.0. The van der Waals surface area contributed by atoms with Gasteiger partial charge in [-0.3, -0.25) is 0 Å². The zero-order chi connectivity index (χ0) is 14.9. The molecule has 0 N–H and O–H groups in total. The summed E-state index contributed by atoms with van der Waals surface area (Å²) < 4.78 is 0. The van der Waals surface area contributed by atoms with Crippen LogP contribution in [0.5, 0.6) is 0 Å². The SMILES string of the molecule is CC(C)(C)C1=NOC(c2ccccc2)(c2ccccc2)C1. The maximum atomic E-state index is 6.04. The van der Waals surface area contributed by atoms with Crippen molar-refractivity contribution in [3.05, 3.63) is 71.8 Å². The van der Waals surface area contributed by atoms with E-state index in [2.05, 4.69) is 74.5 Å². The first-order valence-electron chi connectivity index (χ1n) is 7.39. The molecular weight excluding hydrogens is 258 g/mol. The third-order valence-corrected chi connectivity index (χ3v) is 4.07. The van der Waals surface area contributed by atoms with Crippen LogP contribution in [0.25, 0.3) is 0 Å². The molecule has 0 unspecified atom stereocenters. The smallest absolute Gasteiger partial charge is 0.193 e. The predicted molar refractivity (Wildman–Crippen MR) is 86.3 cm³/mol. The maximum absolute atomic E-state index is 6.04. The van der Waals surface area contributed by atoms with E-state index in [1.807, 2.05) is 12.1 Å². The van der Waals surface area contributed by atoms with Crippen molar-refractivity contribution in [2.24, 2.45) is 10.6 Å². The fourth-order valence-corrected chi connectivity index (χ4v) is 2.73. The average molecular weight is 279 g/mol. The van der Waals surface area contributed by atoms with Gasteiger partial charge in [0.05, 0.1) is 5.71 Å². The Labute approximate surface area is 126 Å². The zero-order valence-electron chi connectivity index (χ0n) is 12.8. The molecule has 1 aliphatic rings. The van der Waals surface area contributed by atoms with Gasteiger partial charge in [-0.2, -0.15) is 0 Å². The summed E-state index contributed by atoms with van der Waals surface area (Å²) in [4.78, 5) is 6.04. The lowest BCUT2D eigenvalue weighted by atomic mass is 9.77. The van der Waals surface area contributed by atoms with E-state index in [9.17, 15) is 0 Å². The molecule has 0 saturated heterocycles. The minimum atomic E-state index is -0.495. The Morgan fingerprint density at radius 3 is 1.71 bits per heavy atom. The van der Waals surface area contributed by atoms with Crippen LogP contribution in [-0.2, 0) is 10.4 Å². The van der Waals surface area contributed by atoms with Crippen molar-refractivity contribution in [3.8, 4) is 0 Å². The van der Waals surface area contributed by atoms with Gasteiger partial charge in [-0.15, -0.1) is 0 Å². The first-order valence-corrected chi connectivity index (χ1v) is 7.39. The van der Waals surface area contributed by atoms with Gasteiger partial charge in [0, 0.05) is 23.0 Å². The first kappa shape index (κ1) is 13.9. The molecule has 0 spiro atoms. The Balaban J connectivity index is 2.08. The van der Waals surface area contributed by atoms with Crippen molar-refractivity contribution in [3.63, 3.8) is 0 Å². The summed E-state index contributed by atoms with van der Waals surface area (Å²) >= 11 is 0. The molecule has 0 saturated carbocycles. The molecule has 0 atom stereocenters. The Bertz CT molecular complexity index is 599. The molecule has 2 aromatic carbocycles. The number of hydrogen-bond acceptors (Lipinski definition) is 2. The van der Waals surface area contributed by atoms with Crippen molar-refractivity contribution in [1.29, 1.82) is 0 Å². The molecule has 3 rings (SSSR count). The highest BCUT2D eigenvalue weighted by molar-refractivity contribution is 5.91. The second kappa shape index (κ2) is 5.03. The van der Waals surface area contributed by atoms with Crippen LogP contribution in [0.15, 0.2) is 65.8 Å². The summed E-state index contributed by atoms with van der Waals surface area (Å²) in [6.45, 7) is 6.55. The van der Waals surface area contributed by atoms with Gasteiger partial charge in [-0.05, 0) is 0 Å². The Morgan fingerprint density at radius 2 is 1.33 bits per heavy atom. The molecule has 2 heteroatoms. The molecule has 0 amide bonds. The van der Waals surface area contributed by atoms with Crippen LogP contribution in [0.2, 0.25) is 0 Å². The normalized spacial score (nSPS) is 17.2. The molecule has 1 aliphatic heterocycles. The fourth-order valence-electron chi connectivity index (χ4n) is 2.73. The molecule has 0 aliphatic carbocycles. The molecule has 1 heterocycles. The summed E-state index contributed by atoms with van der Waals surface area (Å²) in [6, 6.07) is 20.8. The largest absolute Gasteiger partial charge is 0.379 e. The van der Waals surface area contributed by atoms with Gasteiger partial charge >= 0.3 is 0 Å². The second-order valence-electron chi connectivity index (χ2n) is 6.62. The van der Waals surface area contributed by atoms with Crippen LogP contribution >= 0.6 is 0 Å². The van der Waals surface area contributed by atoms with E-state index in [1.54, 1.807) is 0 Å². The van der Waals surface area contributed by atoms with E-state index in [1.165, 1.54) is 0 Å². The monoisotopic (exact) mass is 279 g/mol. The molecule has 0 aromatic heterocycles. The molecule has 108 valence electrons. The molecule has 0 bridgehead atoms. The van der Waals surface area contributed by atoms with Crippen LogP contribution in [0.3, 0.4) is 0 Å². The Kier molecular flexibility index (Phi) is 3.32. The third-order valence-electron chi connectivity index (χ3n) is 4.07. The van der Waals surface area contributed by atoms with Gasteiger partial charge in [0.2, 0.25) is 0 Å². The van der Waals surface area contributed by atoms with Crippen LogP contribution in [0.4, 0.5) is 0 Å². The van der Waals surface area contributed by atoms with Crippen molar-refractivity contribution in [2.75, 3.05) is 0 Å². The highest BCUT2D eigenvalue weighted by atomic mass is 16.7. The van der Waals surface area contributed by atoms with E-state index in [0.29, 0.717) is 0 Å². The predicted octanol–water partition coefficient (Wildman–Crippen LogP) is 4.75. The molecule has 2 nitrogen and oxygen atoms in total. The van der Waals surface area contributed by atoms with Gasteiger partial charge in [0.1, 0.15) is 0 Å². The second-order valence-corrected chi connectivity index (χ2v) is 6.62. The van der Waals surface area contributed by atoms with Gasteiger partial charge in [-0.25, -0.2) is 0 Å². The maximum Gasteiger partial charge on any atom is 0.193 e. The highest BCUT2D eigenvalue weighted by Crippen LogP contribution is 2.43. The van der Waals surface area contributed by atoms with E-state index in [4.69, 9.17) is 4.84 Å². The van der Waals surface area contributed by atoms with Crippen molar-refractivity contribution in [1.82, 2.24) is 0 Å². The summed E-state index contributed by atoms with van der Waals surface area (Å²) in [5.41, 5.74) is 2.93. The number of rotatable bonds is 2. The van der Waals surface area contributed by atoms with Crippen molar-refractivity contribution >= 4 is 5.71 Å². The van der Waals surface area contributed by atoms with E-state index in [-0.39, 0.29) is 5.41 Å². The van der Waals surface area contributed by atoms with Gasteiger partial charge < -0.3 is 4.84 Å². The lowest BCUT2D eigenvalue weighted by molar-refractivity contribution is 0.0112. The van der Waals surface area contributed by atoms with Crippen molar-refractivity contribution in [2.45, 2.75) is 32.8 Å². The average Bonchev–Trinajstić information content (AvgIpc) is 2.96. The molecule has 21 heavy (non-hydrogen) atoms. The van der Waals surface area contributed by atoms with Crippen LogP contribution in [0, 0.1) is 5.41 Å². The molecule has 0 fully saturated rings. The summed E-state index contributed by atoms with van der Waals surface area (Å²) in [5.74, 6) is 0. The number of oxime groups is 1.